The van der Waals surface area contributed by atoms with E-state index in [-0.39, 0.29) is 6.61 Å². The molecule has 0 aliphatic heterocycles. The number of ether oxygens (including phenoxy) is 1. The van der Waals surface area contributed by atoms with E-state index in [1.54, 1.807) is 30.3 Å². The van der Waals surface area contributed by atoms with Crippen LogP contribution in [-0.4, -0.2) is 21.3 Å². The van der Waals surface area contributed by atoms with Gasteiger partial charge in [0, 0.05) is 0 Å². The van der Waals surface area contributed by atoms with Gasteiger partial charge in [-0.3, -0.25) is 0 Å². The van der Waals surface area contributed by atoms with E-state index < -0.39 is 15.5 Å². The van der Waals surface area contributed by atoms with Crippen LogP contribution in [0.5, 0.6) is 0 Å². The second-order valence-corrected chi connectivity index (χ2v) is 4.44. The van der Waals surface area contributed by atoms with Crippen molar-refractivity contribution in [3.05, 3.63) is 35.9 Å². The summed E-state index contributed by atoms with van der Waals surface area (Å²) in [7, 11) is -3.87. The highest BCUT2D eigenvalue weighted by Crippen LogP contribution is 2.20. The summed E-state index contributed by atoms with van der Waals surface area (Å²) in [5.74, 6) is 0. The first-order valence-electron chi connectivity index (χ1n) is 4.17. The molecule has 0 saturated heterocycles. The van der Waals surface area contributed by atoms with Gasteiger partial charge in [0.05, 0.1) is 0 Å². The van der Waals surface area contributed by atoms with Crippen LogP contribution in [0.2, 0.25) is 0 Å². The summed E-state index contributed by atoms with van der Waals surface area (Å²) >= 11 is 0. The Labute approximate surface area is 87.9 Å². The fourth-order valence-corrected chi connectivity index (χ4v) is 1.92. The minimum Gasteiger partial charge on any atom is -0.349 e. The Bertz CT molecular complexity index is 415. The third-order valence-corrected chi connectivity index (χ3v) is 2.69. The van der Waals surface area contributed by atoms with Gasteiger partial charge in [-0.2, -0.15) is 0 Å². The molecule has 82 valence electrons. The van der Waals surface area contributed by atoms with Crippen LogP contribution >= 0.6 is 0 Å². The van der Waals surface area contributed by atoms with Crippen LogP contribution in [0.1, 0.15) is 11.0 Å². The smallest absolute Gasteiger partial charge is 0.240 e. The van der Waals surface area contributed by atoms with Gasteiger partial charge in [0.1, 0.15) is 12.9 Å². The molecule has 0 bridgehead atoms. The summed E-state index contributed by atoms with van der Waals surface area (Å²) in [5.41, 5.74) is -0.884. The van der Waals surface area contributed by atoms with Crippen LogP contribution in [0.15, 0.2) is 30.3 Å². The molecule has 5 nitrogen and oxygen atoms in total. The summed E-state index contributed by atoms with van der Waals surface area (Å²) in [6, 6.07) is 8.21. The van der Waals surface area contributed by atoms with Gasteiger partial charge in [0.25, 0.3) is 0 Å². The third-order valence-electron chi connectivity index (χ3n) is 1.69. The molecule has 1 aromatic rings. The van der Waals surface area contributed by atoms with Crippen molar-refractivity contribution in [2.75, 3.05) is 6.61 Å². The zero-order valence-corrected chi connectivity index (χ0v) is 8.68. The summed E-state index contributed by atoms with van der Waals surface area (Å²) in [4.78, 5) is 10.1. The van der Waals surface area contributed by atoms with Crippen molar-refractivity contribution in [3.63, 3.8) is 0 Å². The normalized spacial score (nSPS) is 13.4. The molecule has 0 amide bonds. The first-order chi connectivity index (χ1) is 7.05. The van der Waals surface area contributed by atoms with E-state index in [0.29, 0.717) is 11.8 Å². The van der Waals surface area contributed by atoms with Crippen LogP contribution in [0.4, 0.5) is 0 Å². The van der Waals surface area contributed by atoms with Gasteiger partial charge in [0.15, 0.2) is 5.44 Å². The van der Waals surface area contributed by atoms with Gasteiger partial charge in [-0.15, -0.1) is 0 Å². The van der Waals surface area contributed by atoms with Crippen LogP contribution in [-0.2, 0) is 19.6 Å². The SMILES string of the molecule is NS(=O)(=O)C(OCC=O)c1ccccc1. The first kappa shape index (κ1) is 11.8. The summed E-state index contributed by atoms with van der Waals surface area (Å²) < 4.78 is 27.2. The zero-order chi connectivity index (χ0) is 11.3. The molecule has 0 aliphatic rings. The van der Waals surface area contributed by atoms with Crippen LogP contribution in [0.25, 0.3) is 0 Å². The molecule has 0 fully saturated rings. The molecule has 1 unspecified atom stereocenters. The van der Waals surface area contributed by atoms with Gasteiger partial charge < -0.3 is 9.53 Å². The number of sulfonamides is 1. The molecule has 1 aromatic carbocycles. The van der Waals surface area contributed by atoms with E-state index in [2.05, 4.69) is 0 Å². The second-order valence-electron chi connectivity index (χ2n) is 2.83. The number of carbonyl (C=O) groups is 1. The standard InChI is InChI=1S/C9H11NO4S/c10-15(12,13)9(14-7-6-11)8-4-2-1-3-5-8/h1-6,9H,7H2,(H2,10,12,13). The summed E-state index contributed by atoms with van der Waals surface area (Å²) in [6.45, 7) is -0.310. The Morgan fingerprint density at radius 2 is 1.93 bits per heavy atom. The molecule has 6 heteroatoms. The van der Waals surface area contributed by atoms with Crippen LogP contribution in [0.3, 0.4) is 0 Å². The predicted octanol–water partition coefficient (Wildman–Crippen LogP) is 0.189. The van der Waals surface area contributed by atoms with Gasteiger partial charge >= 0.3 is 0 Å². The molecule has 1 atom stereocenters. The molecule has 0 radical (unpaired) electrons. The number of carbonyl (C=O) groups excluding carboxylic acids is 1. The lowest BCUT2D eigenvalue weighted by molar-refractivity contribution is -0.112. The largest absolute Gasteiger partial charge is 0.349 e. The number of hydrogen-bond acceptors (Lipinski definition) is 4. The number of primary sulfonamides is 1. The lowest BCUT2D eigenvalue weighted by Crippen LogP contribution is -2.24. The average molecular weight is 229 g/mol. The number of nitrogens with two attached hydrogens (primary N) is 1. The van der Waals surface area contributed by atoms with Crippen molar-refractivity contribution in [1.82, 2.24) is 0 Å². The van der Waals surface area contributed by atoms with E-state index in [0.717, 1.165) is 0 Å². The minimum absolute atomic E-state index is 0.310. The Hall–Kier alpha value is -1.24. The number of benzene rings is 1. The molecule has 0 aromatic heterocycles. The maximum absolute atomic E-state index is 11.2. The maximum Gasteiger partial charge on any atom is 0.240 e. The van der Waals surface area contributed by atoms with E-state index in [1.165, 1.54) is 0 Å². The van der Waals surface area contributed by atoms with Crippen molar-refractivity contribution < 1.29 is 17.9 Å². The number of aldehydes is 1. The Morgan fingerprint density at radius 1 is 1.33 bits per heavy atom. The van der Waals surface area contributed by atoms with Crippen LogP contribution in [0, 0.1) is 0 Å². The van der Waals surface area contributed by atoms with Gasteiger partial charge in [-0.1, -0.05) is 30.3 Å². The molecule has 0 saturated carbocycles. The summed E-state index contributed by atoms with van der Waals surface area (Å²) in [5, 5.41) is 4.98. The zero-order valence-electron chi connectivity index (χ0n) is 7.87. The molecule has 1 rings (SSSR count). The van der Waals surface area contributed by atoms with E-state index in [9.17, 15) is 13.2 Å². The molecular formula is C9H11NO4S. The highest BCUT2D eigenvalue weighted by atomic mass is 32.2. The topological polar surface area (TPSA) is 86.5 Å². The Kier molecular flexibility index (Phi) is 3.96. The summed E-state index contributed by atoms with van der Waals surface area (Å²) in [6.07, 6.45) is 0.473. The van der Waals surface area contributed by atoms with E-state index in [1.807, 2.05) is 0 Å². The van der Waals surface area contributed by atoms with Crippen LogP contribution < -0.4 is 5.14 Å². The van der Waals surface area contributed by atoms with Crippen molar-refractivity contribution in [1.29, 1.82) is 0 Å². The molecule has 0 heterocycles. The fraction of sp³-hybridized carbons (Fsp3) is 0.222. The van der Waals surface area contributed by atoms with Gasteiger partial charge in [0.2, 0.25) is 10.0 Å². The second kappa shape index (κ2) is 5.01. The van der Waals surface area contributed by atoms with Crippen molar-refractivity contribution in [3.8, 4) is 0 Å². The lowest BCUT2D eigenvalue weighted by Gasteiger charge is -2.14. The maximum atomic E-state index is 11.2. The first-order valence-corrected chi connectivity index (χ1v) is 5.78. The van der Waals surface area contributed by atoms with Crippen molar-refractivity contribution >= 4 is 16.3 Å². The molecule has 15 heavy (non-hydrogen) atoms. The third kappa shape index (κ3) is 3.43. The Morgan fingerprint density at radius 3 is 2.40 bits per heavy atom. The van der Waals surface area contributed by atoms with Gasteiger partial charge in [-0.25, -0.2) is 13.6 Å². The lowest BCUT2D eigenvalue weighted by atomic mass is 10.2. The number of rotatable bonds is 5. The fourth-order valence-electron chi connectivity index (χ4n) is 1.12. The van der Waals surface area contributed by atoms with E-state index >= 15 is 0 Å². The number of hydrogen-bond donors (Lipinski definition) is 1. The molecule has 0 spiro atoms. The average Bonchev–Trinajstić information content (AvgIpc) is 2.18. The predicted molar refractivity (Wildman–Crippen MR) is 54.3 cm³/mol. The van der Waals surface area contributed by atoms with Crippen molar-refractivity contribution in [2.24, 2.45) is 5.14 Å². The minimum atomic E-state index is -3.87. The monoisotopic (exact) mass is 229 g/mol. The van der Waals surface area contributed by atoms with Gasteiger partial charge in [-0.05, 0) is 5.56 Å². The highest BCUT2D eigenvalue weighted by molar-refractivity contribution is 7.89. The highest BCUT2D eigenvalue weighted by Gasteiger charge is 2.23. The van der Waals surface area contributed by atoms with Crippen molar-refractivity contribution in [2.45, 2.75) is 5.44 Å². The quantitative estimate of drug-likeness (QED) is 0.730. The van der Waals surface area contributed by atoms with E-state index in [4.69, 9.17) is 9.88 Å². The Balaban J connectivity index is 2.97. The molecule has 0 aliphatic carbocycles. The molecular weight excluding hydrogens is 218 g/mol. The molecule has 2 N–H and O–H groups in total.